The van der Waals surface area contributed by atoms with Crippen LogP contribution in [0.15, 0.2) is 29.6 Å². The molecular weight excluding hydrogens is 308 g/mol. The lowest BCUT2D eigenvalue weighted by Crippen LogP contribution is -2.49. The van der Waals surface area contributed by atoms with Crippen LogP contribution < -0.4 is 4.90 Å². The molecule has 0 aliphatic carbocycles. The van der Waals surface area contributed by atoms with Crippen LogP contribution in [-0.4, -0.2) is 47.2 Å². The molecule has 2 aromatic heterocycles. The molecule has 6 heteroatoms. The van der Waals surface area contributed by atoms with Gasteiger partial charge in [-0.15, -0.1) is 21.5 Å². The van der Waals surface area contributed by atoms with Gasteiger partial charge < -0.3 is 9.80 Å². The van der Waals surface area contributed by atoms with E-state index in [9.17, 15) is 4.79 Å². The number of rotatable bonds is 5. The highest BCUT2D eigenvalue weighted by Gasteiger charge is 2.21. The van der Waals surface area contributed by atoms with E-state index >= 15 is 0 Å². The Morgan fingerprint density at radius 1 is 1.17 bits per heavy atom. The summed E-state index contributed by atoms with van der Waals surface area (Å²) in [4.78, 5) is 17.4. The second kappa shape index (κ2) is 7.55. The maximum absolute atomic E-state index is 12.1. The van der Waals surface area contributed by atoms with E-state index in [2.05, 4.69) is 28.1 Å². The van der Waals surface area contributed by atoms with Gasteiger partial charge in [0.25, 0.3) is 0 Å². The van der Waals surface area contributed by atoms with Gasteiger partial charge in [-0.05, 0) is 30.0 Å². The molecule has 3 heterocycles. The summed E-state index contributed by atoms with van der Waals surface area (Å²) in [5.41, 5.74) is 0.914. The number of anilines is 1. The molecule has 0 unspecified atom stereocenters. The van der Waals surface area contributed by atoms with E-state index in [1.54, 1.807) is 11.3 Å². The minimum absolute atomic E-state index is 0.283. The Kier molecular flexibility index (Phi) is 5.23. The van der Waals surface area contributed by atoms with Crippen LogP contribution >= 0.6 is 11.3 Å². The molecule has 0 aromatic carbocycles. The number of carbonyl (C=O) groups excluding carboxylic acids is 1. The summed E-state index contributed by atoms with van der Waals surface area (Å²) in [7, 11) is 0. The molecule has 0 spiro atoms. The lowest BCUT2D eigenvalue weighted by Gasteiger charge is -2.35. The number of hydrogen-bond donors (Lipinski definition) is 0. The zero-order valence-corrected chi connectivity index (χ0v) is 14.3. The Bertz CT molecular complexity index is 619. The first kappa shape index (κ1) is 15.9. The highest BCUT2D eigenvalue weighted by molar-refractivity contribution is 7.13. The fraction of sp³-hybridized carbons (Fsp3) is 0.471. The fourth-order valence-corrected chi connectivity index (χ4v) is 3.41. The third kappa shape index (κ3) is 3.88. The molecule has 23 heavy (non-hydrogen) atoms. The number of amides is 1. The van der Waals surface area contributed by atoms with Crippen LogP contribution in [0.25, 0.3) is 10.6 Å². The molecule has 1 amide bonds. The maximum Gasteiger partial charge on any atom is 0.222 e. The van der Waals surface area contributed by atoms with E-state index in [-0.39, 0.29) is 5.91 Å². The Morgan fingerprint density at radius 3 is 2.61 bits per heavy atom. The number of unbranched alkanes of at least 4 members (excludes halogenated alkanes) is 1. The molecule has 0 atom stereocenters. The van der Waals surface area contributed by atoms with Crippen molar-refractivity contribution < 1.29 is 4.79 Å². The van der Waals surface area contributed by atoms with Crippen molar-refractivity contribution in [3.8, 4) is 10.6 Å². The van der Waals surface area contributed by atoms with Crippen LogP contribution in [-0.2, 0) is 4.79 Å². The van der Waals surface area contributed by atoms with Crippen molar-refractivity contribution in [1.82, 2.24) is 15.1 Å². The van der Waals surface area contributed by atoms with Crippen LogP contribution in [0.5, 0.6) is 0 Å². The molecule has 1 aliphatic heterocycles. The van der Waals surface area contributed by atoms with Crippen molar-refractivity contribution in [2.24, 2.45) is 0 Å². The van der Waals surface area contributed by atoms with E-state index < -0.39 is 0 Å². The van der Waals surface area contributed by atoms with Crippen LogP contribution in [0.3, 0.4) is 0 Å². The molecule has 122 valence electrons. The Morgan fingerprint density at radius 2 is 2.00 bits per heavy atom. The SMILES string of the molecule is CCCCC(=O)N1CCN(c2ccc(-c3cccs3)nn2)CC1. The first-order valence-electron chi connectivity index (χ1n) is 8.18. The number of thiophene rings is 1. The summed E-state index contributed by atoms with van der Waals surface area (Å²) in [6.45, 7) is 5.31. The van der Waals surface area contributed by atoms with Crippen LogP contribution in [0.1, 0.15) is 26.2 Å². The highest BCUT2D eigenvalue weighted by atomic mass is 32.1. The summed E-state index contributed by atoms with van der Waals surface area (Å²) < 4.78 is 0. The standard InChI is InChI=1S/C17H22N4OS/c1-2-3-6-17(22)21-11-9-20(10-12-21)16-8-7-14(18-19-16)15-5-4-13-23-15/h4-5,7-8,13H,2-3,6,9-12H2,1H3. The van der Waals surface area contributed by atoms with Gasteiger partial charge >= 0.3 is 0 Å². The Balaban J connectivity index is 1.56. The molecule has 0 radical (unpaired) electrons. The second-order valence-electron chi connectivity index (χ2n) is 5.73. The number of nitrogens with zero attached hydrogens (tertiary/aromatic N) is 4. The minimum atomic E-state index is 0.283. The van der Waals surface area contributed by atoms with Gasteiger partial charge in [0.15, 0.2) is 5.82 Å². The summed E-state index contributed by atoms with van der Waals surface area (Å²) in [5, 5.41) is 10.7. The predicted octanol–water partition coefficient (Wildman–Crippen LogP) is 3.04. The molecule has 1 aliphatic rings. The van der Waals surface area contributed by atoms with E-state index in [0.29, 0.717) is 6.42 Å². The number of aromatic nitrogens is 2. The van der Waals surface area contributed by atoms with Crippen molar-refractivity contribution in [2.75, 3.05) is 31.1 Å². The predicted molar refractivity (Wildman–Crippen MR) is 93.7 cm³/mol. The largest absolute Gasteiger partial charge is 0.352 e. The average Bonchev–Trinajstić information content (AvgIpc) is 3.14. The summed E-state index contributed by atoms with van der Waals surface area (Å²) in [6.07, 6.45) is 2.72. The Hall–Kier alpha value is -1.95. The molecule has 0 N–H and O–H groups in total. The van der Waals surface area contributed by atoms with Crippen LogP contribution in [0.4, 0.5) is 5.82 Å². The number of carbonyl (C=O) groups is 1. The van der Waals surface area contributed by atoms with Crippen molar-refractivity contribution in [2.45, 2.75) is 26.2 Å². The van der Waals surface area contributed by atoms with E-state index in [1.807, 2.05) is 28.5 Å². The van der Waals surface area contributed by atoms with Crippen molar-refractivity contribution >= 4 is 23.1 Å². The molecule has 0 bridgehead atoms. The zero-order valence-electron chi connectivity index (χ0n) is 13.4. The highest BCUT2D eigenvalue weighted by Crippen LogP contribution is 2.23. The second-order valence-corrected chi connectivity index (χ2v) is 6.67. The van der Waals surface area contributed by atoms with Gasteiger partial charge in [0, 0.05) is 32.6 Å². The molecule has 1 saturated heterocycles. The molecule has 5 nitrogen and oxygen atoms in total. The third-order valence-corrected chi connectivity index (χ3v) is 5.02. The molecule has 3 rings (SSSR count). The van der Waals surface area contributed by atoms with E-state index in [0.717, 1.165) is 55.4 Å². The number of piperazine rings is 1. The quantitative estimate of drug-likeness (QED) is 0.845. The first-order chi connectivity index (χ1) is 11.3. The van der Waals surface area contributed by atoms with Gasteiger partial charge in [0.05, 0.1) is 4.88 Å². The lowest BCUT2D eigenvalue weighted by molar-refractivity contribution is -0.131. The normalized spacial score (nSPS) is 15.0. The smallest absolute Gasteiger partial charge is 0.222 e. The molecular formula is C17H22N4OS. The van der Waals surface area contributed by atoms with Gasteiger partial charge in [-0.1, -0.05) is 19.4 Å². The summed E-state index contributed by atoms with van der Waals surface area (Å²) in [6, 6.07) is 8.11. The average molecular weight is 330 g/mol. The monoisotopic (exact) mass is 330 g/mol. The van der Waals surface area contributed by atoms with Gasteiger partial charge in [-0.2, -0.15) is 0 Å². The molecule has 1 fully saturated rings. The first-order valence-corrected chi connectivity index (χ1v) is 9.06. The van der Waals surface area contributed by atoms with Gasteiger partial charge in [0.1, 0.15) is 5.69 Å². The van der Waals surface area contributed by atoms with Crippen molar-refractivity contribution in [3.05, 3.63) is 29.6 Å². The third-order valence-electron chi connectivity index (χ3n) is 4.12. The van der Waals surface area contributed by atoms with Gasteiger partial charge in [-0.3, -0.25) is 4.79 Å². The minimum Gasteiger partial charge on any atom is -0.352 e. The summed E-state index contributed by atoms with van der Waals surface area (Å²) in [5.74, 6) is 1.18. The van der Waals surface area contributed by atoms with E-state index in [1.165, 1.54) is 0 Å². The summed E-state index contributed by atoms with van der Waals surface area (Å²) >= 11 is 1.67. The lowest BCUT2D eigenvalue weighted by atomic mass is 10.2. The molecule has 2 aromatic rings. The van der Waals surface area contributed by atoms with Crippen molar-refractivity contribution in [1.29, 1.82) is 0 Å². The number of hydrogen-bond acceptors (Lipinski definition) is 5. The van der Waals surface area contributed by atoms with Crippen LogP contribution in [0.2, 0.25) is 0 Å². The maximum atomic E-state index is 12.1. The van der Waals surface area contributed by atoms with E-state index in [4.69, 9.17) is 0 Å². The topological polar surface area (TPSA) is 49.3 Å². The zero-order chi connectivity index (χ0) is 16.1. The fourth-order valence-electron chi connectivity index (χ4n) is 2.72. The molecule has 0 saturated carbocycles. The Labute approximate surface area is 140 Å². The van der Waals surface area contributed by atoms with Crippen LogP contribution in [0, 0.1) is 0 Å². The van der Waals surface area contributed by atoms with Gasteiger partial charge in [-0.25, -0.2) is 0 Å². The van der Waals surface area contributed by atoms with Gasteiger partial charge in [0.2, 0.25) is 5.91 Å². The van der Waals surface area contributed by atoms with Crippen molar-refractivity contribution in [3.63, 3.8) is 0 Å².